The van der Waals surface area contributed by atoms with Crippen molar-refractivity contribution in [3.05, 3.63) is 34.9 Å². The van der Waals surface area contributed by atoms with Gasteiger partial charge in [0.25, 0.3) is 0 Å². The highest BCUT2D eigenvalue weighted by atomic mass is 16.5. The summed E-state index contributed by atoms with van der Waals surface area (Å²) in [6.45, 7) is 9.84. The zero-order valence-electron chi connectivity index (χ0n) is 15.8. The Balaban J connectivity index is 4.36. The predicted octanol–water partition coefficient (Wildman–Crippen LogP) is 4.90. The highest BCUT2D eigenvalue weighted by Crippen LogP contribution is 2.13. The molecule has 0 aromatic heterocycles. The molecule has 4 nitrogen and oxygen atoms in total. The average molecular weight is 336 g/mol. The summed E-state index contributed by atoms with van der Waals surface area (Å²) in [6, 6.07) is 0. The Morgan fingerprint density at radius 1 is 0.750 bits per heavy atom. The van der Waals surface area contributed by atoms with Crippen molar-refractivity contribution in [3.8, 4) is 0 Å². The van der Waals surface area contributed by atoms with Gasteiger partial charge in [-0.3, -0.25) is 9.59 Å². The first-order valence-electron chi connectivity index (χ1n) is 8.55. The third-order valence-electron chi connectivity index (χ3n) is 3.37. The average Bonchev–Trinajstić information content (AvgIpc) is 2.47. The van der Waals surface area contributed by atoms with Crippen LogP contribution < -0.4 is 0 Å². The summed E-state index contributed by atoms with van der Waals surface area (Å²) < 4.78 is 10.0. The van der Waals surface area contributed by atoms with Crippen LogP contribution >= 0.6 is 0 Å². The molecule has 0 fully saturated rings. The van der Waals surface area contributed by atoms with Gasteiger partial charge < -0.3 is 9.47 Å². The second-order valence-corrected chi connectivity index (χ2v) is 6.18. The zero-order valence-corrected chi connectivity index (χ0v) is 15.8. The SMILES string of the molecule is CC(=O)OCC/C=C(\CC/C=C(\C)CCC=C(C)C)COC(C)=O. The van der Waals surface area contributed by atoms with Crippen molar-refractivity contribution in [1.82, 2.24) is 0 Å². The number of allylic oxidation sites excluding steroid dienone is 4. The molecule has 0 bridgehead atoms. The van der Waals surface area contributed by atoms with Gasteiger partial charge in [-0.15, -0.1) is 0 Å². The van der Waals surface area contributed by atoms with Crippen molar-refractivity contribution in [2.75, 3.05) is 13.2 Å². The smallest absolute Gasteiger partial charge is 0.302 e. The van der Waals surface area contributed by atoms with E-state index in [0.29, 0.717) is 19.6 Å². The first-order chi connectivity index (χ1) is 11.3. The van der Waals surface area contributed by atoms with Crippen LogP contribution in [0.5, 0.6) is 0 Å². The van der Waals surface area contributed by atoms with Crippen LogP contribution in [-0.2, 0) is 19.1 Å². The number of hydrogen-bond acceptors (Lipinski definition) is 4. The molecule has 0 heterocycles. The summed E-state index contributed by atoms with van der Waals surface area (Å²) in [5.74, 6) is -0.561. The molecule has 0 aromatic carbocycles. The van der Waals surface area contributed by atoms with E-state index in [-0.39, 0.29) is 11.9 Å². The topological polar surface area (TPSA) is 52.6 Å². The summed E-state index contributed by atoms with van der Waals surface area (Å²) in [6.07, 6.45) is 11.0. The molecule has 0 N–H and O–H groups in total. The number of carbonyl (C=O) groups excluding carboxylic acids is 2. The van der Waals surface area contributed by atoms with Crippen molar-refractivity contribution in [2.24, 2.45) is 0 Å². The van der Waals surface area contributed by atoms with E-state index in [4.69, 9.17) is 9.47 Å². The third-order valence-corrected chi connectivity index (χ3v) is 3.37. The molecular formula is C20H32O4. The van der Waals surface area contributed by atoms with E-state index in [9.17, 15) is 9.59 Å². The first-order valence-corrected chi connectivity index (χ1v) is 8.55. The second kappa shape index (κ2) is 13.6. The minimum Gasteiger partial charge on any atom is -0.466 e. The van der Waals surface area contributed by atoms with Crippen LogP contribution in [0.25, 0.3) is 0 Å². The van der Waals surface area contributed by atoms with E-state index < -0.39 is 0 Å². The first kappa shape index (κ1) is 22.2. The number of hydrogen-bond donors (Lipinski definition) is 0. The van der Waals surface area contributed by atoms with Crippen LogP contribution in [0.1, 0.15) is 66.7 Å². The van der Waals surface area contributed by atoms with E-state index >= 15 is 0 Å². The van der Waals surface area contributed by atoms with Crippen LogP contribution in [0.2, 0.25) is 0 Å². The molecule has 0 rings (SSSR count). The van der Waals surface area contributed by atoms with Crippen molar-refractivity contribution in [2.45, 2.75) is 66.7 Å². The molecule has 0 amide bonds. The van der Waals surface area contributed by atoms with Crippen LogP contribution in [0.15, 0.2) is 34.9 Å². The Hall–Kier alpha value is -1.84. The Kier molecular flexibility index (Phi) is 12.5. The minimum absolute atomic E-state index is 0.278. The van der Waals surface area contributed by atoms with Gasteiger partial charge in [-0.25, -0.2) is 0 Å². The summed E-state index contributed by atoms with van der Waals surface area (Å²) in [5.41, 5.74) is 3.78. The fourth-order valence-electron chi connectivity index (χ4n) is 2.09. The van der Waals surface area contributed by atoms with Gasteiger partial charge in [0, 0.05) is 13.8 Å². The maximum Gasteiger partial charge on any atom is 0.302 e. The number of esters is 2. The monoisotopic (exact) mass is 336 g/mol. The Morgan fingerprint density at radius 3 is 1.96 bits per heavy atom. The standard InChI is InChI=1S/C20H32O4/c1-16(2)9-6-10-17(3)11-7-12-20(15-24-19(5)22)13-8-14-23-18(4)21/h9,11,13H,6-8,10,12,14-15H2,1-5H3/b17-11+,20-13+. The molecule has 0 aliphatic rings. The Labute approximate surface area is 146 Å². The lowest BCUT2D eigenvalue weighted by Crippen LogP contribution is -2.04. The Bertz CT molecular complexity index is 480. The van der Waals surface area contributed by atoms with Gasteiger partial charge in [0.05, 0.1) is 6.61 Å². The van der Waals surface area contributed by atoms with E-state index in [1.54, 1.807) is 0 Å². The Morgan fingerprint density at radius 2 is 1.38 bits per heavy atom. The van der Waals surface area contributed by atoms with Crippen molar-refractivity contribution < 1.29 is 19.1 Å². The molecule has 0 saturated heterocycles. The fourth-order valence-corrected chi connectivity index (χ4v) is 2.09. The highest BCUT2D eigenvalue weighted by molar-refractivity contribution is 5.66. The van der Waals surface area contributed by atoms with E-state index in [0.717, 1.165) is 31.3 Å². The minimum atomic E-state index is -0.283. The van der Waals surface area contributed by atoms with Crippen molar-refractivity contribution in [1.29, 1.82) is 0 Å². The molecule has 0 aromatic rings. The van der Waals surface area contributed by atoms with Gasteiger partial charge in [0.15, 0.2) is 0 Å². The summed E-state index contributed by atoms with van der Waals surface area (Å²) in [7, 11) is 0. The van der Waals surface area contributed by atoms with Gasteiger partial charge in [-0.1, -0.05) is 29.4 Å². The summed E-state index contributed by atoms with van der Waals surface area (Å²) >= 11 is 0. The van der Waals surface area contributed by atoms with E-state index in [1.165, 1.54) is 25.0 Å². The molecule has 0 saturated carbocycles. The third kappa shape index (κ3) is 15.1. The van der Waals surface area contributed by atoms with Gasteiger partial charge in [0.2, 0.25) is 0 Å². The predicted molar refractivity (Wildman–Crippen MR) is 97.6 cm³/mol. The largest absolute Gasteiger partial charge is 0.466 e. The normalized spacial score (nSPS) is 11.9. The lowest BCUT2D eigenvalue weighted by atomic mass is 10.1. The quantitative estimate of drug-likeness (QED) is 0.306. The van der Waals surface area contributed by atoms with Crippen LogP contribution in [0.4, 0.5) is 0 Å². The van der Waals surface area contributed by atoms with Gasteiger partial charge >= 0.3 is 11.9 Å². The van der Waals surface area contributed by atoms with Crippen molar-refractivity contribution >= 4 is 11.9 Å². The number of carbonyl (C=O) groups is 2. The van der Waals surface area contributed by atoms with E-state index in [2.05, 4.69) is 32.9 Å². The fraction of sp³-hybridized carbons (Fsp3) is 0.600. The number of rotatable bonds is 11. The zero-order chi connectivity index (χ0) is 18.4. The molecule has 0 spiro atoms. The molecule has 0 atom stereocenters. The van der Waals surface area contributed by atoms with Crippen LogP contribution in [0.3, 0.4) is 0 Å². The molecule has 0 aliphatic carbocycles. The van der Waals surface area contributed by atoms with Crippen molar-refractivity contribution in [3.63, 3.8) is 0 Å². The molecular weight excluding hydrogens is 304 g/mol. The summed E-state index contributed by atoms with van der Waals surface area (Å²) in [5, 5.41) is 0. The molecule has 0 aliphatic heterocycles. The maximum absolute atomic E-state index is 11.0. The van der Waals surface area contributed by atoms with Crippen LogP contribution in [0, 0.1) is 0 Å². The van der Waals surface area contributed by atoms with Crippen LogP contribution in [-0.4, -0.2) is 25.2 Å². The lowest BCUT2D eigenvalue weighted by molar-refractivity contribution is -0.141. The lowest BCUT2D eigenvalue weighted by Gasteiger charge is -2.08. The molecule has 136 valence electrons. The van der Waals surface area contributed by atoms with Gasteiger partial charge in [0.1, 0.15) is 6.61 Å². The molecule has 0 unspecified atom stereocenters. The summed E-state index contributed by atoms with van der Waals surface area (Å²) in [4.78, 5) is 21.7. The second-order valence-electron chi connectivity index (χ2n) is 6.18. The number of ether oxygens (including phenoxy) is 2. The van der Waals surface area contributed by atoms with E-state index in [1.807, 2.05) is 6.08 Å². The van der Waals surface area contributed by atoms with Gasteiger partial charge in [-0.2, -0.15) is 0 Å². The molecule has 0 radical (unpaired) electrons. The maximum atomic E-state index is 11.0. The van der Waals surface area contributed by atoms with Gasteiger partial charge in [-0.05, 0) is 58.4 Å². The molecule has 24 heavy (non-hydrogen) atoms. The molecule has 4 heteroatoms. The highest BCUT2D eigenvalue weighted by Gasteiger charge is 2.01.